The normalized spacial score (nSPS) is 11.3. The second-order valence-corrected chi connectivity index (χ2v) is 7.10. The number of halogens is 1. The molecule has 0 atom stereocenters. The topological polar surface area (TPSA) is 89.3 Å². The molecule has 0 aliphatic rings. The van der Waals surface area contributed by atoms with Crippen LogP contribution in [-0.4, -0.2) is 19.9 Å². The summed E-state index contributed by atoms with van der Waals surface area (Å²) in [5, 5.41) is 11.1. The van der Waals surface area contributed by atoms with Gasteiger partial charge < -0.3 is 0 Å². The molecule has 0 spiro atoms. The van der Waals surface area contributed by atoms with E-state index in [0.717, 1.165) is 6.42 Å². The number of unbranched alkanes of at least 4 members (excludes halogenated alkanes) is 1. The van der Waals surface area contributed by atoms with Gasteiger partial charge in [-0.1, -0.05) is 33.3 Å². The molecule has 0 saturated heterocycles. The number of hydrogen-bond donors (Lipinski definition) is 1. The predicted molar refractivity (Wildman–Crippen MR) is 89.0 cm³/mol. The van der Waals surface area contributed by atoms with Crippen LogP contribution in [0.1, 0.15) is 39.2 Å². The van der Waals surface area contributed by atoms with E-state index in [1.54, 1.807) is 0 Å². The number of sulfonamides is 1. The number of nitro groups is 1. The van der Waals surface area contributed by atoms with Crippen molar-refractivity contribution in [3.05, 3.63) is 33.9 Å². The van der Waals surface area contributed by atoms with Crippen LogP contribution in [0.15, 0.2) is 23.1 Å². The number of hydrogen-bond acceptors (Lipinski definition) is 4. The van der Waals surface area contributed by atoms with E-state index >= 15 is 0 Å². The van der Waals surface area contributed by atoms with E-state index in [0.29, 0.717) is 24.9 Å². The van der Waals surface area contributed by atoms with E-state index in [2.05, 4.69) is 4.72 Å². The predicted octanol–water partition coefficient (Wildman–Crippen LogP) is 3.29. The molecule has 8 heteroatoms. The Morgan fingerprint density at radius 1 is 1.32 bits per heavy atom. The lowest BCUT2D eigenvalue weighted by atomic mass is 10.1. The van der Waals surface area contributed by atoms with Gasteiger partial charge in [0.25, 0.3) is 5.69 Å². The Labute approximate surface area is 137 Å². The van der Waals surface area contributed by atoms with E-state index in [1.165, 1.54) is 18.2 Å². The molecule has 1 aromatic rings. The number of nitrogens with one attached hydrogen (secondary N) is 1. The molecule has 0 heterocycles. The second-order valence-electron chi connectivity index (χ2n) is 5.36. The molecular weight excluding hydrogens is 328 g/mol. The van der Waals surface area contributed by atoms with Crippen LogP contribution in [0, 0.1) is 16.0 Å². The molecule has 6 nitrogen and oxygen atoms in total. The maximum atomic E-state index is 12.4. The summed E-state index contributed by atoms with van der Waals surface area (Å²) in [6, 6.07) is 4.20. The maximum Gasteiger partial charge on any atom is 0.273 e. The van der Waals surface area contributed by atoms with E-state index in [9.17, 15) is 18.5 Å². The largest absolute Gasteiger partial charge is 0.273 e. The van der Waals surface area contributed by atoms with Gasteiger partial charge in [0.2, 0.25) is 10.0 Å². The summed E-state index contributed by atoms with van der Waals surface area (Å²) in [4.78, 5) is 10.6. The molecule has 0 radical (unpaired) electrons. The molecule has 0 fully saturated rings. The van der Waals surface area contributed by atoms with Gasteiger partial charge >= 0.3 is 0 Å². The minimum atomic E-state index is -3.73. The Kier molecular flexibility index (Phi) is 8.58. The van der Waals surface area contributed by atoms with Crippen molar-refractivity contribution in [3.8, 4) is 0 Å². The quantitative estimate of drug-likeness (QED) is 0.575. The third-order valence-corrected chi connectivity index (χ3v) is 4.56. The van der Waals surface area contributed by atoms with Gasteiger partial charge in [-0.25, -0.2) is 13.1 Å². The van der Waals surface area contributed by atoms with Crippen molar-refractivity contribution >= 4 is 28.1 Å². The summed E-state index contributed by atoms with van der Waals surface area (Å²) in [6.45, 7) is 6.06. The van der Waals surface area contributed by atoms with Crippen LogP contribution in [0.25, 0.3) is 0 Å². The molecule has 0 saturated carbocycles. The number of benzene rings is 1. The van der Waals surface area contributed by atoms with E-state index in [-0.39, 0.29) is 28.9 Å². The molecule has 0 amide bonds. The first-order valence-electron chi connectivity index (χ1n) is 7.05. The minimum absolute atomic E-state index is 0. The van der Waals surface area contributed by atoms with Gasteiger partial charge in [0.05, 0.1) is 9.82 Å². The zero-order valence-corrected chi connectivity index (χ0v) is 14.7. The Morgan fingerprint density at radius 2 is 1.95 bits per heavy atom. The molecule has 1 N–H and O–H groups in total. The number of nitro benzene ring substituents is 1. The molecule has 0 aliphatic carbocycles. The van der Waals surface area contributed by atoms with Crippen molar-refractivity contribution in [3.63, 3.8) is 0 Å². The maximum absolute atomic E-state index is 12.4. The number of nitrogens with zero attached hydrogens (tertiary/aromatic N) is 1. The van der Waals surface area contributed by atoms with Crippen LogP contribution >= 0.6 is 12.4 Å². The lowest BCUT2D eigenvalue weighted by Crippen LogP contribution is -2.28. The fourth-order valence-electron chi connectivity index (χ4n) is 1.94. The summed E-state index contributed by atoms with van der Waals surface area (Å²) in [6.07, 6.45) is 1.92. The summed E-state index contributed by atoms with van der Waals surface area (Å²) in [5.74, 6) is 0.164. The zero-order chi connectivity index (χ0) is 16.0. The molecule has 1 rings (SSSR count). The molecule has 0 aromatic heterocycles. The third kappa shape index (κ3) is 5.55. The Hall–Kier alpha value is -1.18. The first-order valence-corrected chi connectivity index (χ1v) is 8.53. The van der Waals surface area contributed by atoms with Crippen LogP contribution in [0.2, 0.25) is 0 Å². The summed E-state index contributed by atoms with van der Waals surface area (Å²) in [7, 11) is -3.73. The smallest absolute Gasteiger partial charge is 0.258 e. The van der Waals surface area contributed by atoms with Gasteiger partial charge in [-0.05, 0) is 24.8 Å². The van der Waals surface area contributed by atoms with Gasteiger partial charge in [-0.15, -0.1) is 12.4 Å². The van der Waals surface area contributed by atoms with Crippen LogP contribution in [0.4, 0.5) is 5.69 Å². The molecule has 126 valence electrons. The van der Waals surface area contributed by atoms with Crippen molar-refractivity contribution in [2.24, 2.45) is 5.92 Å². The monoisotopic (exact) mass is 350 g/mol. The van der Waals surface area contributed by atoms with Crippen molar-refractivity contribution < 1.29 is 13.3 Å². The molecule has 0 aliphatic heterocycles. The Bertz CT molecular complexity index is 603. The molecule has 22 heavy (non-hydrogen) atoms. The first-order chi connectivity index (χ1) is 9.79. The summed E-state index contributed by atoms with van der Waals surface area (Å²) in [5.41, 5.74) is 0.163. The lowest BCUT2D eigenvalue weighted by molar-refractivity contribution is -0.385. The van der Waals surface area contributed by atoms with Crippen molar-refractivity contribution in [1.82, 2.24) is 4.72 Å². The lowest BCUT2D eigenvalue weighted by Gasteiger charge is -2.13. The van der Waals surface area contributed by atoms with E-state index in [1.807, 2.05) is 20.8 Å². The van der Waals surface area contributed by atoms with Crippen molar-refractivity contribution in [2.45, 2.75) is 44.9 Å². The Balaban J connectivity index is 0.00000441. The summed E-state index contributed by atoms with van der Waals surface area (Å²) < 4.78 is 27.2. The summed E-state index contributed by atoms with van der Waals surface area (Å²) >= 11 is 0. The van der Waals surface area contributed by atoms with Crippen LogP contribution in [-0.2, 0) is 16.4 Å². The van der Waals surface area contributed by atoms with E-state index in [4.69, 9.17) is 0 Å². The van der Waals surface area contributed by atoms with Crippen LogP contribution < -0.4 is 4.72 Å². The fraction of sp³-hybridized carbons (Fsp3) is 0.571. The average molecular weight is 351 g/mol. The van der Waals surface area contributed by atoms with E-state index < -0.39 is 14.9 Å². The van der Waals surface area contributed by atoms with Crippen molar-refractivity contribution in [2.75, 3.05) is 6.54 Å². The highest BCUT2D eigenvalue weighted by Gasteiger charge is 2.25. The first kappa shape index (κ1) is 20.8. The zero-order valence-electron chi connectivity index (χ0n) is 13.0. The molecule has 1 aromatic carbocycles. The molecule has 0 unspecified atom stereocenters. The second kappa shape index (κ2) is 9.07. The highest BCUT2D eigenvalue weighted by Crippen LogP contribution is 2.27. The average Bonchev–Trinajstić information content (AvgIpc) is 2.42. The number of rotatable bonds is 8. The van der Waals surface area contributed by atoms with Gasteiger partial charge in [-0.2, -0.15) is 0 Å². The standard InChI is InChI=1S/C14H22N2O4S.ClH/c1-4-5-7-12-13(16(17)18)8-6-9-14(12)21(19,20)15-10-11(2)3;/h6,8-9,11,15H,4-5,7,10H2,1-3H3;1H. The van der Waals surface area contributed by atoms with Crippen molar-refractivity contribution in [1.29, 1.82) is 0 Å². The highest BCUT2D eigenvalue weighted by molar-refractivity contribution is 7.89. The van der Waals surface area contributed by atoms with Crippen LogP contribution in [0.5, 0.6) is 0 Å². The minimum Gasteiger partial charge on any atom is -0.258 e. The van der Waals surface area contributed by atoms with Gasteiger partial charge in [0, 0.05) is 18.2 Å². The highest BCUT2D eigenvalue weighted by atomic mass is 35.5. The fourth-order valence-corrected chi connectivity index (χ4v) is 3.43. The van der Waals surface area contributed by atoms with Crippen LogP contribution in [0.3, 0.4) is 0 Å². The van der Waals surface area contributed by atoms with Gasteiger partial charge in [0.15, 0.2) is 0 Å². The molecular formula is C14H23ClN2O4S. The van der Waals surface area contributed by atoms with Gasteiger partial charge in [0.1, 0.15) is 0 Å². The Morgan fingerprint density at radius 3 is 2.45 bits per heavy atom. The third-order valence-electron chi connectivity index (χ3n) is 3.06. The molecule has 0 bridgehead atoms. The van der Waals surface area contributed by atoms with Gasteiger partial charge in [-0.3, -0.25) is 10.1 Å². The SMILES string of the molecule is CCCCc1c([N+](=O)[O-])cccc1S(=O)(=O)NCC(C)C.Cl.